The maximum atomic E-state index is 5.78. The third kappa shape index (κ3) is 6.39. The zero-order chi connectivity index (χ0) is 12.7. The molecule has 0 radical (unpaired) electrons. The van der Waals surface area contributed by atoms with E-state index in [9.17, 15) is 0 Å². The second kappa shape index (κ2) is 8.06. The van der Waals surface area contributed by atoms with E-state index in [2.05, 4.69) is 38.2 Å². The summed E-state index contributed by atoms with van der Waals surface area (Å²) in [6.45, 7) is 7.79. The molecule has 0 spiro atoms. The minimum Gasteiger partial charge on any atom is -0.378 e. The van der Waals surface area contributed by atoms with Crippen LogP contribution in [-0.2, 0) is 4.74 Å². The van der Waals surface area contributed by atoms with Crippen LogP contribution < -0.4 is 5.32 Å². The normalized spacial score (nSPS) is 25.8. The molecule has 1 aliphatic rings. The van der Waals surface area contributed by atoms with Gasteiger partial charge in [-0.3, -0.25) is 0 Å². The van der Waals surface area contributed by atoms with E-state index < -0.39 is 0 Å². The highest BCUT2D eigenvalue weighted by Crippen LogP contribution is 2.20. The van der Waals surface area contributed by atoms with Gasteiger partial charge in [-0.25, -0.2) is 0 Å². The highest BCUT2D eigenvalue weighted by Gasteiger charge is 2.24. The third-order valence-corrected chi connectivity index (χ3v) is 3.52. The molecule has 2 unspecified atom stereocenters. The van der Waals surface area contributed by atoms with Crippen molar-refractivity contribution in [3.05, 3.63) is 0 Å². The van der Waals surface area contributed by atoms with E-state index in [1.807, 2.05) is 0 Å². The average molecular weight is 242 g/mol. The van der Waals surface area contributed by atoms with Crippen LogP contribution in [-0.4, -0.2) is 50.8 Å². The first-order valence-corrected chi connectivity index (χ1v) is 7.09. The van der Waals surface area contributed by atoms with Crippen LogP contribution in [0.4, 0.5) is 0 Å². The van der Waals surface area contributed by atoms with Crippen LogP contribution in [0.3, 0.4) is 0 Å². The summed E-state index contributed by atoms with van der Waals surface area (Å²) in [5.74, 6) is 0.647. The van der Waals surface area contributed by atoms with E-state index in [-0.39, 0.29) is 0 Å². The monoisotopic (exact) mass is 242 g/mol. The highest BCUT2D eigenvalue weighted by molar-refractivity contribution is 4.78. The van der Waals surface area contributed by atoms with Gasteiger partial charge < -0.3 is 15.0 Å². The van der Waals surface area contributed by atoms with Gasteiger partial charge in [-0.2, -0.15) is 0 Å². The Bertz CT molecular complexity index is 195. The molecule has 0 saturated carbocycles. The summed E-state index contributed by atoms with van der Waals surface area (Å²) < 4.78 is 5.78. The number of unbranched alkanes of at least 4 members (excludes halogenated alkanes) is 1. The van der Waals surface area contributed by atoms with Crippen LogP contribution in [0.25, 0.3) is 0 Å². The van der Waals surface area contributed by atoms with Gasteiger partial charge in [0.15, 0.2) is 0 Å². The van der Waals surface area contributed by atoms with Crippen LogP contribution >= 0.6 is 0 Å². The standard InChI is InChI=1S/C14H30N2O/c1-12(2)14-11-13(7-10-17-14)15-8-5-6-9-16(3)4/h12-15H,5-11H2,1-4H3. The summed E-state index contributed by atoms with van der Waals surface area (Å²) in [7, 11) is 4.28. The number of ether oxygens (including phenoxy) is 1. The van der Waals surface area contributed by atoms with Crippen molar-refractivity contribution in [3.63, 3.8) is 0 Å². The number of nitrogens with one attached hydrogen (secondary N) is 1. The molecule has 0 aromatic rings. The molecule has 1 aliphatic heterocycles. The van der Waals surface area contributed by atoms with Gasteiger partial charge in [-0.05, 0) is 58.8 Å². The van der Waals surface area contributed by atoms with Crippen LogP contribution in [0.1, 0.15) is 39.5 Å². The molecule has 3 nitrogen and oxygen atoms in total. The van der Waals surface area contributed by atoms with Crippen molar-refractivity contribution in [1.29, 1.82) is 0 Å². The Morgan fingerprint density at radius 2 is 2.06 bits per heavy atom. The second-order valence-electron chi connectivity index (χ2n) is 5.84. The Morgan fingerprint density at radius 1 is 1.29 bits per heavy atom. The molecular weight excluding hydrogens is 212 g/mol. The molecule has 0 amide bonds. The van der Waals surface area contributed by atoms with Crippen LogP contribution in [0.15, 0.2) is 0 Å². The van der Waals surface area contributed by atoms with Crippen LogP contribution in [0, 0.1) is 5.92 Å². The maximum absolute atomic E-state index is 5.78. The summed E-state index contributed by atoms with van der Waals surface area (Å²) >= 11 is 0. The largest absolute Gasteiger partial charge is 0.378 e. The Kier molecular flexibility index (Phi) is 7.09. The zero-order valence-corrected chi connectivity index (χ0v) is 12.0. The van der Waals surface area contributed by atoms with Crippen molar-refractivity contribution in [2.45, 2.75) is 51.7 Å². The summed E-state index contributed by atoms with van der Waals surface area (Å²) in [4.78, 5) is 2.25. The molecule has 0 aromatic heterocycles. The molecule has 1 saturated heterocycles. The lowest BCUT2D eigenvalue weighted by Crippen LogP contribution is -2.41. The van der Waals surface area contributed by atoms with Gasteiger partial charge in [-0.15, -0.1) is 0 Å². The predicted octanol–water partition coefficient (Wildman–Crippen LogP) is 2.12. The van der Waals surface area contributed by atoms with Gasteiger partial charge >= 0.3 is 0 Å². The molecule has 0 aromatic carbocycles. The molecule has 1 heterocycles. The topological polar surface area (TPSA) is 24.5 Å². The summed E-state index contributed by atoms with van der Waals surface area (Å²) in [5, 5.41) is 3.68. The molecule has 17 heavy (non-hydrogen) atoms. The van der Waals surface area contributed by atoms with E-state index in [1.165, 1.54) is 32.2 Å². The van der Waals surface area contributed by atoms with E-state index in [0.29, 0.717) is 18.1 Å². The van der Waals surface area contributed by atoms with Crippen LogP contribution in [0.5, 0.6) is 0 Å². The first kappa shape index (κ1) is 14.9. The quantitative estimate of drug-likeness (QED) is 0.692. The van der Waals surface area contributed by atoms with Crippen molar-refractivity contribution in [2.24, 2.45) is 5.92 Å². The Hall–Kier alpha value is -0.120. The fraction of sp³-hybridized carbons (Fsp3) is 1.00. The lowest BCUT2D eigenvalue weighted by Gasteiger charge is -2.32. The van der Waals surface area contributed by atoms with Gasteiger partial charge in [0.05, 0.1) is 6.10 Å². The van der Waals surface area contributed by atoms with E-state index in [1.54, 1.807) is 0 Å². The predicted molar refractivity (Wildman–Crippen MR) is 73.4 cm³/mol. The zero-order valence-electron chi connectivity index (χ0n) is 12.0. The van der Waals surface area contributed by atoms with Gasteiger partial charge in [0.2, 0.25) is 0 Å². The second-order valence-corrected chi connectivity index (χ2v) is 5.84. The maximum Gasteiger partial charge on any atom is 0.0612 e. The average Bonchev–Trinajstić information content (AvgIpc) is 2.28. The highest BCUT2D eigenvalue weighted by atomic mass is 16.5. The molecule has 1 fully saturated rings. The van der Waals surface area contributed by atoms with E-state index in [4.69, 9.17) is 4.74 Å². The van der Waals surface area contributed by atoms with Crippen molar-refractivity contribution >= 4 is 0 Å². The Labute approximate surface area is 107 Å². The van der Waals surface area contributed by atoms with Crippen molar-refractivity contribution in [2.75, 3.05) is 33.8 Å². The number of rotatable bonds is 7. The number of nitrogens with zero attached hydrogens (tertiary/aromatic N) is 1. The fourth-order valence-electron chi connectivity index (χ4n) is 2.34. The lowest BCUT2D eigenvalue weighted by atomic mass is 9.95. The summed E-state index contributed by atoms with van der Waals surface area (Å²) in [6.07, 6.45) is 5.39. The summed E-state index contributed by atoms with van der Waals surface area (Å²) in [6, 6.07) is 0.676. The van der Waals surface area contributed by atoms with Crippen molar-refractivity contribution < 1.29 is 4.74 Å². The van der Waals surface area contributed by atoms with Crippen molar-refractivity contribution in [3.8, 4) is 0 Å². The van der Waals surface area contributed by atoms with Gasteiger partial charge in [0, 0.05) is 12.6 Å². The van der Waals surface area contributed by atoms with Gasteiger partial charge in [-0.1, -0.05) is 13.8 Å². The number of hydrogen-bond acceptors (Lipinski definition) is 3. The van der Waals surface area contributed by atoms with E-state index in [0.717, 1.165) is 13.2 Å². The first-order valence-electron chi connectivity index (χ1n) is 7.09. The smallest absolute Gasteiger partial charge is 0.0612 e. The molecule has 2 atom stereocenters. The molecular formula is C14H30N2O. The lowest BCUT2D eigenvalue weighted by molar-refractivity contribution is -0.0242. The van der Waals surface area contributed by atoms with Gasteiger partial charge in [0.1, 0.15) is 0 Å². The molecule has 0 aliphatic carbocycles. The molecule has 1 N–H and O–H groups in total. The molecule has 1 rings (SSSR count). The summed E-state index contributed by atoms with van der Waals surface area (Å²) in [5.41, 5.74) is 0. The van der Waals surface area contributed by atoms with Crippen LogP contribution in [0.2, 0.25) is 0 Å². The Balaban J connectivity index is 2.06. The fourth-order valence-corrected chi connectivity index (χ4v) is 2.34. The number of hydrogen-bond donors (Lipinski definition) is 1. The molecule has 0 bridgehead atoms. The van der Waals surface area contributed by atoms with Gasteiger partial charge in [0.25, 0.3) is 0 Å². The third-order valence-electron chi connectivity index (χ3n) is 3.52. The van der Waals surface area contributed by atoms with E-state index >= 15 is 0 Å². The Morgan fingerprint density at radius 3 is 2.71 bits per heavy atom. The molecule has 3 heteroatoms. The first-order chi connectivity index (χ1) is 8.09. The SMILES string of the molecule is CC(C)C1CC(NCCCCN(C)C)CCO1. The minimum atomic E-state index is 0.461. The minimum absolute atomic E-state index is 0.461. The molecule has 102 valence electrons. The van der Waals surface area contributed by atoms with Crippen molar-refractivity contribution in [1.82, 2.24) is 10.2 Å².